The van der Waals surface area contributed by atoms with E-state index in [1.807, 2.05) is 35.9 Å². The van der Waals surface area contributed by atoms with Gasteiger partial charge in [-0.15, -0.1) is 0 Å². The average Bonchev–Trinajstić information content (AvgIpc) is 2.92. The largest absolute Gasteiger partial charge is 0.361 e. The summed E-state index contributed by atoms with van der Waals surface area (Å²) >= 11 is 0. The van der Waals surface area contributed by atoms with Crippen molar-refractivity contribution >= 4 is 23.2 Å². The summed E-state index contributed by atoms with van der Waals surface area (Å²) in [4.78, 5) is 28.6. The maximum absolute atomic E-state index is 12.8. The van der Waals surface area contributed by atoms with Crippen molar-refractivity contribution in [3.8, 4) is 0 Å². The normalized spacial score (nSPS) is 27.0. The Morgan fingerprint density at radius 1 is 1.39 bits per heavy atom. The maximum atomic E-state index is 12.8. The number of nitrogens with two attached hydrogens (primary N) is 1. The van der Waals surface area contributed by atoms with Gasteiger partial charge in [0.1, 0.15) is 6.04 Å². The molecule has 3 unspecified atom stereocenters. The second-order valence-electron chi connectivity index (χ2n) is 6.65. The van der Waals surface area contributed by atoms with E-state index in [-0.39, 0.29) is 23.9 Å². The number of nitrogens with zero attached hydrogens (tertiary/aromatic N) is 2. The van der Waals surface area contributed by atoms with Gasteiger partial charge in [0.15, 0.2) is 0 Å². The molecule has 0 saturated carbocycles. The van der Waals surface area contributed by atoms with Crippen LogP contribution in [0.4, 0.5) is 11.4 Å². The van der Waals surface area contributed by atoms with Crippen molar-refractivity contribution in [2.75, 3.05) is 30.4 Å². The molecule has 23 heavy (non-hydrogen) atoms. The number of benzene rings is 1. The second-order valence-corrected chi connectivity index (χ2v) is 6.65. The Kier molecular flexibility index (Phi) is 4.02. The Hall–Kier alpha value is -2.08. The van der Waals surface area contributed by atoms with Crippen LogP contribution in [0.3, 0.4) is 0 Å². The Bertz CT molecular complexity index is 645. The first-order valence-corrected chi connectivity index (χ1v) is 8.11. The molecule has 0 radical (unpaired) electrons. The highest BCUT2D eigenvalue weighted by molar-refractivity contribution is 6.05. The number of rotatable bonds is 2. The van der Waals surface area contributed by atoms with Gasteiger partial charge in [0.05, 0.1) is 11.4 Å². The van der Waals surface area contributed by atoms with Crippen LogP contribution in [0.15, 0.2) is 18.2 Å². The number of nitrogens with one attached hydrogen (secondary N) is 1. The SMILES string of the molecule is CC1CC(CN)CN1C(=O)c1ccc2c(c1)NC(=O)C(C)N2C. The molecule has 6 nitrogen and oxygen atoms in total. The zero-order chi connectivity index (χ0) is 16.7. The highest BCUT2D eigenvalue weighted by Gasteiger charge is 2.33. The standard InChI is InChI=1S/C17H24N4O2/c1-10-6-12(8-18)9-21(10)17(23)13-4-5-15-14(7-13)19-16(22)11(2)20(15)3/h4-5,7,10-12H,6,8-9,18H2,1-3H3,(H,19,22). The predicted molar refractivity (Wildman–Crippen MR) is 90.6 cm³/mol. The number of hydrogen-bond donors (Lipinski definition) is 2. The molecule has 124 valence electrons. The van der Waals surface area contributed by atoms with Crippen molar-refractivity contribution in [3.63, 3.8) is 0 Å². The van der Waals surface area contributed by atoms with Crippen LogP contribution >= 0.6 is 0 Å². The smallest absolute Gasteiger partial charge is 0.254 e. The van der Waals surface area contributed by atoms with Crippen LogP contribution in [0.2, 0.25) is 0 Å². The molecule has 1 aromatic rings. The number of amides is 2. The minimum Gasteiger partial charge on any atom is -0.361 e. The molecule has 0 spiro atoms. The molecule has 0 aromatic heterocycles. The first-order chi connectivity index (χ1) is 10.9. The molecule has 0 aliphatic carbocycles. The number of fused-ring (bicyclic) bond motifs is 1. The minimum atomic E-state index is -0.215. The van der Waals surface area contributed by atoms with E-state index < -0.39 is 0 Å². The summed E-state index contributed by atoms with van der Waals surface area (Å²) in [5.74, 6) is 0.326. The van der Waals surface area contributed by atoms with Crippen LogP contribution in [0.1, 0.15) is 30.6 Å². The van der Waals surface area contributed by atoms with Gasteiger partial charge >= 0.3 is 0 Å². The summed E-state index contributed by atoms with van der Waals surface area (Å²) in [7, 11) is 1.89. The number of likely N-dealkylation sites (N-methyl/N-ethyl adjacent to an activating group) is 1. The lowest BCUT2D eigenvalue weighted by molar-refractivity contribution is -0.117. The lowest BCUT2D eigenvalue weighted by Crippen LogP contribution is -2.44. The van der Waals surface area contributed by atoms with E-state index in [1.54, 1.807) is 6.07 Å². The lowest BCUT2D eigenvalue weighted by atomic mass is 10.1. The van der Waals surface area contributed by atoms with Gasteiger partial charge in [0.25, 0.3) is 5.91 Å². The summed E-state index contributed by atoms with van der Waals surface area (Å²) in [6.45, 7) is 5.23. The maximum Gasteiger partial charge on any atom is 0.254 e. The van der Waals surface area contributed by atoms with E-state index in [2.05, 4.69) is 12.2 Å². The summed E-state index contributed by atoms with van der Waals surface area (Å²) in [6.07, 6.45) is 0.949. The number of carbonyl (C=O) groups is 2. The van der Waals surface area contributed by atoms with E-state index in [0.29, 0.717) is 30.3 Å². The summed E-state index contributed by atoms with van der Waals surface area (Å²) in [6, 6.07) is 5.50. The van der Waals surface area contributed by atoms with E-state index in [4.69, 9.17) is 5.73 Å². The first kappa shape index (κ1) is 15.8. The van der Waals surface area contributed by atoms with E-state index in [9.17, 15) is 9.59 Å². The Morgan fingerprint density at radius 2 is 2.13 bits per heavy atom. The van der Waals surface area contributed by atoms with Crippen molar-refractivity contribution in [2.45, 2.75) is 32.4 Å². The van der Waals surface area contributed by atoms with Gasteiger partial charge in [-0.05, 0) is 50.9 Å². The first-order valence-electron chi connectivity index (χ1n) is 8.11. The fraction of sp³-hybridized carbons (Fsp3) is 0.529. The zero-order valence-corrected chi connectivity index (χ0v) is 13.9. The second kappa shape index (κ2) is 5.85. The average molecular weight is 316 g/mol. The Balaban J connectivity index is 1.86. The molecule has 0 bridgehead atoms. The third-order valence-electron chi connectivity index (χ3n) is 5.10. The third-order valence-corrected chi connectivity index (χ3v) is 5.10. The van der Waals surface area contributed by atoms with Gasteiger partial charge in [-0.1, -0.05) is 0 Å². The summed E-state index contributed by atoms with van der Waals surface area (Å²) in [5, 5.41) is 2.89. The molecule has 1 saturated heterocycles. The summed E-state index contributed by atoms with van der Waals surface area (Å²) < 4.78 is 0. The molecule has 2 heterocycles. The number of anilines is 2. The third kappa shape index (κ3) is 2.67. The van der Waals surface area contributed by atoms with Crippen LogP contribution in [0.25, 0.3) is 0 Å². The quantitative estimate of drug-likeness (QED) is 0.861. The molecule has 2 aliphatic heterocycles. The molecule has 1 aromatic carbocycles. The van der Waals surface area contributed by atoms with Crippen LogP contribution in [0.5, 0.6) is 0 Å². The van der Waals surface area contributed by atoms with Gasteiger partial charge in [0, 0.05) is 25.2 Å². The van der Waals surface area contributed by atoms with Crippen molar-refractivity contribution in [3.05, 3.63) is 23.8 Å². The van der Waals surface area contributed by atoms with E-state index >= 15 is 0 Å². The molecule has 3 atom stereocenters. The predicted octanol–water partition coefficient (Wildman–Crippen LogP) is 1.27. The number of hydrogen-bond acceptors (Lipinski definition) is 4. The number of likely N-dealkylation sites (tertiary alicyclic amines) is 1. The highest BCUT2D eigenvalue weighted by Crippen LogP contribution is 2.33. The summed E-state index contributed by atoms with van der Waals surface area (Å²) in [5.41, 5.74) is 7.98. The van der Waals surface area contributed by atoms with Crippen LogP contribution in [0, 0.1) is 5.92 Å². The van der Waals surface area contributed by atoms with Crippen molar-refractivity contribution in [2.24, 2.45) is 11.7 Å². The van der Waals surface area contributed by atoms with Crippen molar-refractivity contribution in [1.82, 2.24) is 4.90 Å². The molecule has 2 aliphatic rings. The van der Waals surface area contributed by atoms with Gasteiger partial charge in [-0.3, -0.25) is 9.59 Å². The molecule has 3 N–H and O–H groups in total. The van der Waals surface area contributed by atoms with E-state index in [0.717, 1.165) is 12.1 Å². The molecule has 1 fully saturated rings. The fourth-order valence-electron chi connectivity index (χ4n) is 3.46. The zero-order valence-electron chi connectivity index (χ0n) is 13.9. The minimum absolute atomic E-state index is 0.00627. The van der Waals surface area contributed by atoms with Gasteiger partial charge in [0.2, 0.25) is 5.91 Å². The van der Waals surface area contributed by atoms with Crippen LogP contribution in [-0.4, -0.2) is 48.9 Å². The lowest BCUT2D eigenvalue weighted by Gasteiger charge is -2.33. The molecular formula is C17H24N4O2. The van der Waals surface area contributed by atoms with Crippen LogP contribution < -0.4 is 16.0 Å². The van der Waals surface area contributed by atoms with Gasteiger partial charge in [-0.25, -0.2) is 0 Å². The Labute approximate surface area is 136 Å². The van der Waals surface area contributed by atoms with Crippen molar-refractivity contribution in [1.29, 1.82) is 0 Å². The highest BCUT2D eigenvalue weighted by atomic mass is 16.2. The van der Waals surface area contributed by atoms with E-state index in [1.165, 1.54) is 0 Å². The Morgan fingerprint density at radius 3 is 2.78 bits per heavy atom. The molecular weight excluding hydrogens is 292 g/mol. The topological polar surface area (TPSA) is 78.7 Å². The molecule has 6 heteroatoms. The van der Waals surface area contributed by atoms with Gasteiger partial charge < -0.3 is 20.9 Å². The van der Waals surface area contributed by atoms with Gasteiger partial charge in [-0.2, -0.15) is 0 Å². The number of carbonyl (C=O) groups excluding carboxylic acids is 2. The molecule has 3 rings (SSSR count). The monoisotopic (exact) mass is 316 g/mol. The fourth-order valence-corrected chi connectivity index (χ4v) is 3.46. The molecule has 2 amide bonds. The van der Waals surface area contributed by atoms with Crippen molar-refractivity contribution < 1.29 is 9.59 Å². The van der Waals surface area contributed by atoms with Crippen LogP contribution in [-0.2, 0) is 4.79 Å².